The molecule has 108 valence electrons. The predicted molar refractivity (Wildman–Crippen MR) is 78.1 cm³/mol. The minimum absolute atomic E-state index is 0.507. The van der Waals surface area contributed by atoms with Crippen LogP contribution in [0.2, 0.25) is 0 Å². The summed E-state index contributed by atoms with van der Waals surface area (Å²) in [5.74, 6) is 1.12. The van der Waals surface area contributed by atoms with Crippen LogP contribution in [0, 0.1) is 0 Å². The van der Waals surface area contributed by atoms with Crippen molar-refractivity contribution < 1.29 is 4.42 Å². The maximum Gasteiger partial charge on any atom is 0.122 e. The van der Waals surface area contributed by atoms with Crippen LogP contribution in [0.5, 0.6) is 0 Å². The van der Waals surface area contributed by atoms with Gasteiger partial charge in [-0.05, 0) is 26.6 Å². The van der Waals surface area contributed by atoms with Crippen molar-refractivity contribution in [3.05, 3.63) is 23.7 Å². The average Bonchev–Trinajstić information content (AvgIpc) is 2.96. The third-order valence-electron chi connectivity index (χ3n) is 3.88. The molecule has 1 atom stereocenters. The highest BCUT2D eigenvalue weighted by atomic mass is 16.3. The van der Waals surface area contributed by atoms with Crippen molar-refractivity contribution in [1.82, 2.24) is 15.1 Å². The van der Waals surface area contributed by atoms with Crippen molar-refractivity contribution in [2.45, 2.75) is 45.4 Å². The molecule has 0 aromatic carbocycles. The van der Waals surface area contributed by atoms with Gasteiger partial charge < -0.3 is 14.6 Å². The summed E-state index contributed by atoms with van der Waals surface area (Å²) in [6.07, 6.45) is 3.07. The molecule has 2 heterocycles. The molecule has 1 N–H and O–H groups in total. The van der Waals surface area contributed by atoms with Crippen molar-refractivity contribution in [3.8, 4) is 0 Å². The molecule has 1 unspecified atom stereocenters. The molecular formula is C15H27N3O. The first kappa shape index (κ1) is 14.6. The highest BCUT2D eigenvalue weighted by Gasteiger charge is 2.25. The molecule has 0 radical (unpaired) electrons. The number of rotatable bonds is 6. The zero-order valence-corrected chi connectivity index (χ0v) is 12.6. The first-order valence-corrected chi connectivity index (χ1v) is 7.23. The van der Waals surface area contributed by atoms with Crippen LogP contribution in [0.15, 0.2) is 16.7 Å². The van der Waals surface area contributed by atoms with Crippen LogP contribution in [0.1, 0.15) is 31.6 Å². The smallest absolute Gasteiger partial charge is 0.122 e. The highest BCUT2D eigenvalue weighted by molar-refractivity contribution is 5.17. The first-order chi connectivity index (χ1) is 9.06. The van der Waals surface area contributed by atoms with Crippen LogP contribution in [0.4, 0.5) is 0 Å². The van der Waals surface area contributed by atoms with E-state index in [0.717, 1.165) is 25.4 Å². The number of likely N-dealkylation sites (N-methyl/N-ethyl adjacent to an activating group) is 1. The molecule has 1 aromatic heterocycles. The Morgan fingerprint density at radius 3 is 2.89 bits per heavy atom. The fourth-order valence-corrected chi connectivity index (χ4v) is 2.56. The third-order valence-corrected chi connectivity index (χ3v) is 3.88. The maximum absolute atomic E-state index is 5.66. The van der Waals surface area contributed by atoms with E-state index in [2.05, 4.69) is 49.1 Å². The topological polar surface area (TPSA) is 31.7 Å². The number of furan rings is 1. The molecule has 1 aromatic rings. The lowest BCUT2D eigenvalue weighted by atomic mass is 10.2. The van der Waals surface area contributed by atoms with Gasteiger partial charge in [0, 0.05) is 37.3 Å². The molecule has 4 nitrogen and oxygen atoms in total. The van der Waals surface area contributed by atoms with E-state index in [-0.39, 0.29) is 0 Å². The number of hydrogen-bond donors (Lipinski definition) is 1. The van der Waals surface area contributed by atoms with E-state index in [1.54, 1.807) is 0 Å². The van der Waals surface area contributed by atoms with Crippen LogP contribution >= 0.6 is 0 Å². The van der Waals surface area contributed by atoms with Crippen LogP contribution in [0.25, 0.3) is 0 Å². The van der Waals surface area contributed by atoms with Crippen molar-refractivity contribution in [2.24, 2.45) is 0 Å². The zero-order valence-electron chi connectivity index (χ0n) is 12.6. The van der Waals surface area contributed by atoms with E-state index in [0.29, 0.717) is 12.1 Å². The van der Waals surface area contributed by atoms with Gasteiger partial charge in [-0.25, -0.2) is 0 Å². The van der Waals surface area contributed by atoms with E-state index in [1.807, 2.05) is 6.26 Å². The summed E-state index contributed by atoms with van der Waals surface area (Å²) in [5, 5.41) is 3.45. The standard InChI is InChI=1S/C15H27N3O/c1-12(2)16-9-13-6-8-19-15(13)11-18-7-5-14(10-18)17(3)4/h6,8,12,14,16H,5,7,9-11H2,1-4H3. The monoisotopic (exact) mass is 265 g/mol. The number of hydrogen-bond acceptors (Lipinski definition) is 4. The van der Waals surface area contributed by atoms with Gasteiger partial charge in [-0.1, -0.05) is 13.8 Å². The van der Waals surface area contributed by atoms with E-state index in [1.165, 1.54) is 18.5 Å². The predicted octanol–water partition coefficient (Wildman–Crippen LogP) is 1.91. The Kier molecular flexibility index (Phi) is 5.02. The van der Waals surface area contributed by atoms with Gasteiger partial charge in [0.15, 0.2) is 0 Å². The molecule has 19 heavy (non-hydrogen) atoms. The van der Waals surface area contributed by atoms with Gasteiger partial charge in [-0.3, -0.25) is 4.90 Å². The lowest BCUT2D eigenvalue weighted by Crippen LogP contribution is -2.31. The molecule has 0 bridgehead atoms. The van der Waals surface area contributed by atoms with Crippen molar-refractivity contribution >= 4 is 0 Å². The number of nitrogens with one attached hydrogen (secondary N) is 1. The van der Waals surface area contributed by atoms with E-state index < -0.39 is 0 Å². The van der Waals surface area contributed by atoms with Gasteiger partial charge in [-0.2, -0.15) is 0 Å². The minimum Gasteiger partial charge on any atom is -0.468 e. The van der Waals surface area contributed by atoms with Crippen LogP contribution < -0.4 is 5.32 Å². The lowest BCUT2D eigenvalue weighted by molar-refractivity contribution is 0.251. The van der Waals surface area contributed by atoms with Gasteiger partial charge >= 0.3 is 0 Å². The summed E-state index contributed by atoms with van der Waals surface area (Å²) < 4.78 is 5.66. The summed E-state index contributed by atoms with van der Waals surface area (Å²) in [6, 6.07) is 3.28. The van der Waals surface area contributed by atoms with E-state index in [9.17, 15) is 0 Å². The van der Waals surface area contributed by atoms with Crippen molar-refractivity contribution in [3.63, 3.8) is 0 Å². The van der Waals surface area contributed by atoms with E-state index >= 15 is 0 Å². The Hall–Kier alpha value is -0.840. The Morgan fingerprint density at radius 2 is 2.26 bits per heavy atom. The summed E-state index contributed by atoms with van der Waals surface area (Å²) in [5.41, 5.74) is 1.29. The minimum atomic E-state index is 0.507. The average molecular weight is 265 g/mol. The largest absolute Gasteiger partial charge is 0.468 e. The SMILES string of the molecule is CC(C)NCc1ccoc1CN1CCC(N(C)C)C1. The third kappa shape index (κ3) is 4.06. The highest BCUT2D eigenvalue weighted by Crippen LogP contribution is 2.19. The molecule has 4 heteroatoms. The Labute approximate surface area is 116 Å². The summed E-state index contributed by atoms with van der Waals surface area (Å²) >= 11 is 0. The lowest BCUT2D eigenvalue weighted by Gasteiger charge is -2.20. The molecule has 0 amide bonds. The molecule has 0 spiro atoms. The van der Waals surface area contributed by atoms with Crippen molar-refractivity contribution in [2.75, 3.05) is 27.2 Å². The van der Waals surface area contributed by atoms with Crippen LogP contribution in [0.3, 0.4) is 0 Å². The quantitative estimate of drug-likeness (QED) is 0.851. The molecule has 2 rings (SSSR count). The zero-order chi connectivity index (χ0) is 13.8. The second-order valence-corrected chi connectivity index (χ2v) is 6.05. The normalized spacial score (nSPS) is 20.8. The second kappa shape index (κ2) is 6.55. The molecule has 0 aliphatic carbocycles. The first-order valence-electron chi connectivity index (χ1n) is 7.23. The summed E-state index contributed by atoms with van der Waals surface area (Å²) in [7, 11) is 4.33. The fraction of sp³-hybridized carbons (Fsp3) is 0.733. The van der Waals surface area contributed by atoms with Gasteiger partial charge in [0.05, 0.1) is 12.8 Å². The van der Waals surface area contributed by atoms with Gasteiger partial charge in [0.2, 0.25) is 0 Å². The number of nitrogens with zero attached hydrogens (tertiary/aromatic N) is 2. The van der Waals surface area contributed by atoms with Crippen molar-refractivity contribution in [1.29, 1.82) is 0 Å². The molecular weight excluding hydrogens is 238 g/mol. The maximum atomic E-state index is 5.66. The summed E-state index contributed by atoms with van der Waals surface area (Å²) in [4.78, 5) is 4.81. The Balaban J connectivity index is 1.88. The Morgan fingerprint density at radius 1 is 1.47 bits per heavy atom. The van der Waals surface area contributed by atoms with Gasteiger partial charge in [0.1, 0.15) is 5.76 Å². The fourth-order valence-electron chi connectivity index (χ4n) is 2.56. The van der Waals surface area contributed by atoms with E-state index in [4.69, 9.17) is 4.42 Å². The molecule has 0 saturated carbocycles. The summed E-state index contributed by atoms with van der Waals surface area (Å²) in [6.45, 7) is 8.48. The molecule has 1 aliphatic heterocycles. The Bertz CT molecular complexity index is 386. The second-order valence-electron chi connectivity index (χ2n) is 6.05. The molecule has 1 fully saturated rings. The van der Waals surface area contributed by atoms with Crippen LogP contribution in [-0.4, -0.2) is 49.1 Å². The molecule has 1 saturated heterocycles. The van der Waals surface area contributed by atoms with Crippen LogP contribution in [-0.2, 0) is 13.1 Å². The molecule has 1 aliphatic rings. The van der Waals surface area contributed by atoms with Gasteiger partial charge in [0.25, 0.3) is 0 Å². The van der Waals surface area contributed by atoms with Gasteiger partial charge in [-0.15, -0.1) is 0 Å². The number of likely N-dealkylation sites (tertiary alicyclic amines) is 1.